The monoisotopic (exact) mass is 350 g/mol. The number of hydrogen-bond donors (Lipinski definition) is 2. The summed E-state index contributed by atoms with van der Waals surface area (Å²) in [4.78, 5) is 29.6. The summed E-state index contributed by atoms with van der Waals surface area (Å²) in [6.45, 7) is 1.22. The number of urea groups is 1. The maximum atomic E-state index is 12.1. The smallest absolute Gasteiger partial charge is 0.323 e. The molecule has 0 atom stereocenters. The van der Waals surface area contributed by atoms with Crippen molar-refractivity contribution in [3.05, 3.63) is 16.1 Å². The van der Waals surface area contributed by atoms with Crippen LogP contribution in [-0.4, -0.2) is 40.2 Å². The van der Waals surface area contributed by atoms with Gasteiger partial charge in [-0.25, -0.2) is 9.78 Å². The molecule has 2 N–H and O–H groups in total. The normalized spacial score (nSPS) is 17.4. The highest BCUT2D eigenvalue weighted by Crippen LogP contribution is 2.42. The average Bonchev–Trinajstić information content (AvgIpc) is 2.91. The Morgan fingerprint density at radius 2 is 2.30 bits per heavy atom. The van der Waals surface area contributed by atoms with Crippen molar-refractivity contribution in [2.75, 3.05) is 23.3 Å². The summed E-state index contributed by atoms with van der Waals surface area (Å²) in [5, 5.41) is 17.5. The number of rotatable bonds is 5. The van der Waals surface area contributed by atoms with Gasteiger partial charge in [-0.15, -0.1) is 21.5 Å². The van der Waals surface area contributed by atoms with E-state index in [9.17, 15) is 9.59 Å². The van der Waals surface area contributed by atoms with Crippen LogP contribution in [0, 0.1) is 0 Å². The Hall–Kier alpha value is -2.07. The predicted octanol–water partition coefficient (Wildman–Crippen LogP) is 1.58. The van der Waals surface area contributed by atoms with Gasteiger partial charge in [-0.1, -0.05) is 11.3 Å². The molecular weight excluding hydrogens is 336 g/mol. The third-order valence-electron chi connectivity index (χ3n) is 3.58. The molecular formula is C13H14N6O2S2. The molecule has 3 amide bonds. The third kappa shape index (κ3) is 3.17. The first-order valence-electron chi connectivity index (χ1n) is 7.32. The Balaban J connectivity index is 1.36. The number of nitrogens with zero attached hydrogens (tertiary/aromatic N) is 4. The first-order valence-corrected chi connectivity index (χ1v) is 9.01. The van der Waals surface area contributed by atoms with Crippen LogP contribution in [0.1, 0.15) is 29.5 Å². The molecule has 3 heterocycles. The lowest BCUT2D eigenvalue weighted by Crippen LogP contribution is -2.27. The fraction of sp³-hybridized carbons (Fsp3) is 0.462. The zero-order valence-corrected chi connectivity index (χ0v) is 13.7. The topological polar surface area (TPSA) is 100 Å². The number of nitrogens with one attached hydrogen (secondary N) is 2. The van der Waals surface area contributed by atoms with E-state index in [4.69, 9.17) is 0 Å². The molecule has 23 heavy (non-hydrogen) atoms. The van der Waals surface area contributed by atoms with E-state index in [1.807, 2.05) is 0 Å². The summed E-state index contributed by atoms with van der Waals surface area (Å²) in [6, 6.07) is -0.142. The van der Waals surface area contributed by atoms with E-state index in [2.05, 4.69) is 25.8 Å². The molecule has 1 aliphatic heterocycles. The number of thiazole rings is 1. The van der Waals surface area contributed by atoms with Crippen molar-refractivity contribution in [2.45, 2.75) is 25.2 Å². The summed E-state index contributed by atoms with van der Waals surface area (Å²) in [5.41, 5.74) is 0.647. The van der Waals surface area contributed by atoms with Gasteiger partial charge in [-0.05, 0) is 12.8 Å². The lowest BCUT2D eigenvalue weighted by molar-refractivity contribution is -0.115. The second-order valence-electron chi connectivity index (χ2n) is 5.45. The SMILES string of the molecule is O=C(Cc1csc(N2CCNC2=O)n1)Nc1nnc(C2CC2)s1. The predicted molar refractivity (Wildman–Crippen MR) is 87.1 cm³/mol. The maximum absolute atomic E-state index is 12.1. The number of amides is 3. The molecule has 2 aromatic heterocycles. The van der Waals surface area contributed by atoms with E-state index in [0.29, 0.717) is 35.0 Å². The van der Waals surface area contributed by atoms with Crippen molar-refractivity contribution in [3.63, 3.8) is 0 Å². The van der Waals surface area contributed by atoms with Gasteiger partial charge in [0, 0.05) is 24.4 Å². The number of hydrogen-bond acceptors (Lipinski definition) is 7. The van der Waals surface area contributed by atoms with Crippen molar-refractivity contribution in [3.8, 4) is 0 Å². The molecule has 120 valence electrons. The van der Waals surface area contributed by atoms with Gasteiger partial charge in [0.2, 0.25) is 11.0 Å². The first-order chi connectivity index (χ1) is 11.2. The standard InChI is InChI=1S/C13H14N6O2S2/c20-9(16-11-18-17-10(23-11)7-1-2-7)5-8-6-22-13(15-8)19-4-3-14-12(19)21/h6-7H,1-5H2,(H,14,21)(H,16,18,20). The van der Waals surface area contributed by atoms with Crippen molar-refractivity contribution in [1.82, 2.24) is 20.5 Å². The van der Waals surface area contributed by atoms with E-state index in [0.717, 1.165) is 17.8 Å². The van der Waals surface area contributed by atoms with Crippen LogP contribution in [0.4, 0.5) is 15.1 Å². The van der Waals surface area contributed by atoms with Gasteiger partial charge in [0.25, 0.3) is 0 Å². The largest absolute Gasteiger partial charge is 0.336 e. The minimum Gasteiger partial charge on any atom is -0.336 e. The molecule has 1 saturated carbocycles. The average molecular weight is 350 g/mol. The van der Waals surface area contributed by atoms with Gasteiger partial charge in [0.05, 0.1) is 12.1 Å². The molecule has 0 aromatic carbocycles. The van der Waals surface area contributed by atoms with Crippen molar-refractivity contribution in [1.29, 1.82) is 0 Å². The van der Waals surface area contributed by atoms with E-state index in [1.165, 1.54) is 22.7 Å². The molecule has 2 aliphatic rings. The molecule has 0 unspecified atom stereocenters. The lowest BCUT2D eigenvalue weighted by Gasteiger charge is -2.08. The minimum absolute atomic E-state index is 0.142. The number of aromatic nitrogens is 3. The van der Waals surface area contributed by atoms with Gasteiger partial charge >= 0.3 is 6.03 Å². The summed E-state index contributed by atoms with van der Waals surface area (Å²) in [5.74, 6) is 0.358. The van der Waals surface area contributed by atoms with E-state index < -0.39 is 0 Å². The van der Waals surface area contributed by atoms with Crippen molar-refractivity contribution >= 4 is 44.9 Å². The molecule has 0 bridgehead atoms. The Kier molecular flexibility index (Phi) is 3.69. The second-order valence-corrected chi connectivity index (χ2v) is 7.30. The molecule has 2 aromatic rings. The Morgan fingerprint density at radius 1 is 1.43 bits per heavy atom. The summed E-state index contributed by atoms with van der Waals surface area (Å²) >= 11 is 2.80. The Bertz CT molecular complexity index is 753. The zero-order chi connectivity index (χ0) is 15.8. The molecule has 1 aliphatic carbocycles. The number of carbonyl (C=O) groups excluding carboxylic acids is 2. The van der Waals surface area contributed by atoms with Crippen LogP contribution in [0.25, 0.3) is 0 Å². The van der Waals surface area contributed by atoms with Gasteiger partial charge in [0.1, 0.15) is 5.01 Å². The highest BCUT2D eigenvalue weighted by molar-refractivity contribution is 7.15. The van der Waals surface area contributed by atoms with Crippen LogP contribution in [-0.2, 0) is 11.2 Å². The van der Waals surface area contributed by atoms with Crippen molar-refractivity contribution in [2.24, 2.45) is 0 Å². The fourth-order valence-corrected chi connectivity index (χ4v) is 4.04. The van der Waals surface area contributed by atoms with E-state index in [-0.39, 0.29) is 18.4 Å². The summed E-state index contributed by atoms with van der Waals surface area (Å²) in [6.07, 6.45) is 2.48. The molecule has 1 saturated heterocycles. The summed E-state index contributed by atoms with van der Waals surface area (Å²) < 4.78 is 0. The van der Waals surface area contributed by atoms with Crippen molar-refractivity contribution < 1.29 is 9.59 Å². The van der Waals surface area contributed by atoms with Crippen LogP contribution in [0.5, 0.6) is 0 Å². The molecule has 10 heteroatoms. The quantitative estimate of drug-likeness (QED) is 0.853. The maximum Gasteiger partial charge on any atom is 0.323 e. The van der Waals surface area contributed by atoms with Gasteiger partial charge in [-0.3, -0.25) is 9.69 Å². The lowest BCUT2D eigenvalue weighted by atomic mass is 10.3. The van der Waals surface area contributed by atoms with Crippen LogP contribution in [0.15, 0.2) is 5.38 Å². The number of anilines is 2. The first kappa shape index (κ1) is 14.5. The highest BCUT2D eigenvalue weighted by atomic mass is 32.1. The van der Waals surface area contributed by atoms with Crippen LogP contribution in [0.3, 0.4) is 0 Å². The fourth-order valence-electron chi connectivity index (χ4n) is 2.26. The minimum atomic E-state index is -0.175. The van der Waals surface area contributed by atoms with Crippen LogP contribution in [0.2, 0.25) is 0 Å². The van der Waals surface area contributed by atoms with Gasteiger partial charge in [0.15, 0.2) is 5.13 Å². The molecule has 2 fully saturated rings. The Labute approximate surface area is 139 Å². The van der Waals surface area contributed by atoms with Crippen LogP contribution >= 0.6 is 22.7 Å². The van der Waals surface area contributed by atoms with Crippen LogP contribution < -0.4 is 15.5 Å². The van der Waals surface area contributed by atoms with Gasteiger partial charge < -0.3 is 10.6 Å². The van der Waals surface area contributed by atoms with E-state index in [1.54, 1.807) is 10.3 Å². The molecule has 0 spiro atoms. The molecule has 8 nitrogen and oxygen atoms in total. The molecule has 4 rings (SSSR count). The van der Waals surface area contributed by atoms with E-state index >= 15 is 0 Å². The highest BCUT2D eigenvalue weighted by Gasteiger charge is 2.28. The second kappa shape index (κ2) is 5.85. The van der Waals surface area contributed by atoms with Gasteiger partial charge in [-0.2, -0.15) is 0 Å². The Morgan fingerprint density at radius 3 is 3.04 bits per heavy atom. The third-order valence-corrected chi connectivity index (χ3v) is 5.50. The zero-order valence-electron chi connectivity index (χ0n) is 12.1. The number of carbonyl (C=O) groups is 2. The molecule has 0 radical (unpaired) electrons. The summed E-state index contributed by atoms with van der Waals surface area (Å²) in [7, 11) is 0.